The molecule has 2 atom stereocenters. The Morgan fingerprint density at radius 2 is 2.25 bits per heavy atom. The first-order valence-electron chi connectivity index (χ1n) is 7.28. The average Bonchev–Trinajstić information content (AvgIpc) is 2.79. The van der Waals surface area contributed by atoms with E-state index in [0.29, 0.717) is 18.1 Å². The molecule has 0 spiro atoms. The third kappa shape index (κ3) is 3.46. The van der Waals surface area contributed by atoms with E-state index in [1.54, 1.807) is 7.11 Å². The Labute approximate surface area is 122 Å². The molecule has 5 heteroatoms. The third-order valence-corrected chi connectivity index (χ3v) is 4.03. The number of aromatic nitrogens is 2. The summed E-state index contributed by atoms with van der Waals surface area (Å²) >= 11 is 0. The zero-order valence-corrected chi connectivity index (χ0v) is 13.2. The molecule has 0 aliphatic carbocycles. The fraction of sp³-hybridized carbons (Fsp3) is 0.733. The normalized spacial score (nSPS) is 23.5. The van der Waals surface area contributed by atoms with Gasteiger partial charge in [0.25, 0.3) is 0 Å². The van der Waals surface area contributed by atoms with E-state index < -0.39 is 0 Å². The first kappa shape index (κ1) is 15.2. The van der Waals surface area contributed by atoms with Crippen LogP contribution in [0.3, 0.4) is 0 Å². The lowest BCUT2D eigenvalue weighted by atomic mass is 10.2. The van der Waals surface area contributed by atoms with Gasteiger partial charge in [0.1, 0.15) is 11.6 Å². The van der Waals surface area contributed by atoms with Crippen LogP contribution in [0.1, 0.15) is 32.0 Å². The van der Waals surface area contributed by atoms with Crippen LogP contribution in [0.2, 0.25) is 0 Å². The zero-order valence-electron chi connectivity index (χ0n) is 13.2. The fourth-order valence-corrected chi connectivity index (χ4v) is 2.68. The van der Waals surface area contributed by atoms with Gasteiger partial charge < -0.3 is 9.64 Å². The minimum Gasteiger partial charge on any atom is -0.380 e. The SMILES string of the molecule is CO[C@H]1C[C@@H](CN(C)c2ccnc(C(C)C)n2)N(C)C1. The molecule has 1 aromatic rings. The first-order valence-corrected chi connectivity index (χ1v) is 7.28. The molecule has 1 saturated heterocycles. The minimum absolute atomic E-state index is 0.357. The monoisotopic (exact) mass is 278 g/mol. The number of nitrogens with zero attached hydrogens (tertiary/aromatic N) is 4. The molecule has 0 aromatic carbocycles. The molecule has 2 rings (SSSR count). The minimum atomic E-state index is 0.357. The van der Waals surface area contributed by atoms with E-state index in [2.05, 4.69) is 47.7 Å². The van der Waals surface area contributed by atoms with Crippen LogP contribution in [-0.4, -0.2) is 61.3 Å². The van der Waals surface area contributed by atoms with Crippen molar-refractivity contribution >= 4 is 5.82 Å². The average molecular weight is 278 g/mol. The van der Waals surface area contributed by atoms with Crippen LogP contribution in [-0.2, 0) is 4.74 Å². The lowest BCUT2D eigenvalue weighted by molar-refractivity contribution is 0.111. The van der Waals surface area contributed by atoms with Crippen molar-refractivity contribution in [1.29, 1.82) is 0 Å². The van der Waals surface area contributed by atoms with Gasteiger partial charge in [-0.2, -0.15) is 0 Å². The predicted molar refractivity (Wildman–Crippen MR) is 81.2 cm³/mol. The van der Waals surface area contributed by atoms with Gasteiger partial charge in [-0.15, -0.1) is 0 Å². The smallest absolute Gasteiger partial charge is 0.133 e. The predicted octanol–water partition coefficient (Wildman–Crippen LogP) is 1.76. The van der Waals surface area contributed by atoms with Gasteiger partial charge >= 0.3 is 0 Å². The molecule has 1 aromatic heterocycles. The molecule has 0 bridgehead atoms. The number of hydrogen-bond donors (Lipinski definition) is 0. The van der Waals surface area contributed by atoms with Crippen molar-refractivity contribution in [3.05, 3.63) is 18.1 Å². The molecular formula is C15H26N4O. The van der Waals surface area contributed by atoms with E-state index in [1.807, 2.05) is 12.3 Å². The molecule has 0 saturated carbocycles. The maximum Gasteiger partial charge on any atom is 0.133 e. The molecule has 0 radical (unpaired) electrons. The Bertz CT molecular complexity index is 438. The highest BCUT2D eigenvalue weighted by Crippen LogP contribution is 2.21. The standard InChI is InChI=1S/C15H26N4O/c1-11(2)15-16-7-6-14(17-15)19(4)9-12-8-13(20-5)10-18(12)3/h6-7,11-13H,8-10H2,1-5H3/t12-,13-/m0/s1. The summed E-state index contributed by atoms with van der Waals surface area (Å²) in [5.41, 5.74) is 0. The van der Waals surface area contributed by atoms with Crippen molar-refractivity contribution in [2.24, 2.45) is 0 Å². The molecule has 0 unspecified atom stereocenters. The lowest BCUT2D eigenvalue weighted by Gasteiger charge is -2.26. The highest BCUT2D eigenvalue weighted by molar-refractivity contribution is 5.36. The van der Waals surface area contributed by atoms with Crippen LogP contribution in [0.15, 0.2) is 12.3 Å². The molecular weight excluding hydrogens is 252 g/mol. The van der Waals surface area contributed by atoms with Crippen LogP contribution in [0.5, 0.6) is 0 Å². The van der Waals surface area contributed by atoms with Crippen LogP contribution in [0.25, 0.3) is 0 Å². The Morgan fingerprint density at radius 3 is 2.85 bits per heavy atom. The number of likely N-dealkylation sites (N-methyl/N-ethyl adjacent to an activating group) is 2. The van der Waals surface area contributed by atoms with Crippen LogP contribution < -0.4 is 4.90 Å². The highest BCUT2D eigenvalue weighted by Gasteiger charge is 2.30. The molecule has 1 aliphatic rings. The summed E-state index contributed by atoms with van der Waals surface area (Å²) in [7, 11) is 6.06. The lowest BCUT2D eigenvalue weighted by Crippen LogP contribution is -2.37. The molecule has 20 heavy (non-hydrogen) atoms. The number of methoxy groups -OCH3 is 1. The van der Waals surface area contributed by atoms with E-state index in [1.165, 1.54) is 0 Å². The second-order valence-electron chi connectivity index (χ2n) is 6.00. The summed E-state index contributed by atoms with van der Waals surface area (Å²) in [5.74, 6) is 2.26. The number of ether oxygens (including phenoxy) is 1. The summed E-state index contributed by atoms with van der Waals surface area (Å²) in [4.78, 5) is 13.6. The Morgan fingerprint density at radius 1 is 1.50 bits per heavy atom. The van der Waals surface area contributed by atoms with Crippen molar-refractivity contribution in [3.63, 3.8) is 0 Å². The molecule has 0 N–H and O–H groups in total. The maximum absolute atomic E-state index is 5.46. The van der Waals surface area contributed by atoms with Crippen LogP contribution >= 0.6 is 0 Å². The van der Waals surface area contributed by atoms with E-state index in [0.717, 1.165) is 31.2 Å². The molecule has 0 amide bonds. The molecule has 112 valence electrons. The summed E-state index contributed by atoms with van der Waals surface area (Å²) < 4.78 is 5.46. The van der Waals surface area contributed by atoms with Gasteiger partial charge in [0.05, 0.1) is 6.10 Å². The fourth-order valence-electron chi connectivity index (χ4n) is 2.68. The van der Waals surface area contributed by atoms with Crippen LogP contribution in [0, 0.1) is 0 Å². The van der Waals surface area contributed by atoms with Crippen molar-refractivity contribution < 1.29 is 4.74 Å². The van der Waals surface area contributed by atoms with Gasteiger partial charge in [0.2, 0.25) is 0 Å². The first-order chi connectivity index (χ1) is 9.51. The number of anilines is 1. The zero-order chi connectivity index (χ0) is 14.7. The molecule has 1 fully saturated rings. The molecule has 2 heterocycles. The number of rotatable bonds is 5. The number of hydrogen-bond acceptors (Lipinski definition) is 5. The quantitative estimate of drug-likeness (QED) is 0.821. The topological polar surface area (TPSA) is 41.5 Å². The third-order valence-electron chi connectivity index (χ3n) is 4.03. The second-order valence-corrected chi connectivity index (χ2v) is 6.00. The van der Waals surface area contributed by atoms with Crippen molar-refractivity contribution in [3.8, 4) is 0 Å². The van der Waals surface area contributed by atoms with Gasteiger partial charge in [0, 0.05) is 45.4 Å². The Kier molecular flexibility index (Phi) is 4.94. The van der Waals surface area contributed by atoms with Gasteiger partial charge in [-0.1, -0.05) is 13.8 Å². The van der Waals surface area contributed by atoms with Crippen LogP contribution in [0.4, 0.5) is 5.82 Å². The molecule has 5 nitrogen and oxygen atoms in total. The summed E-state index contributed by atoms with van der Waals surface area (Å²) in [6.45, 7) is 6.21. The maximum atomic E-state index is 5.46. The van der Waals surface area contributed by atoms with E-state index in [9.17, 15) is 0 Å². The van der Waals surface area contributed by atoms with Gasteiger partial charge in [-0.25, -0.2) is 9.97 Å². The Balaban J connectivity index is 2.01. The van der Waals surface area contributed by atoms with Crippen molar-refractivity contribution in [1.82, 2.24) is 14.9 Å². The van der Waals surface area contributed by atoms with Gasteiger partial charge in [-0.05, 0) is 19.5 Å². The Hall–Kier alpha value is -1.20. The van der Waals surface area contributed by atoms with Gasteiger partial charge in [0.15, 0.2) is 0 Å². The largest absolute Gasteiger partial charge is 0.380 e. The summed E-state index contributed by atoms with van der Waals surface area (Å²) in [5, 5.41) is 0. The van der Waals surface area contributed by atoms with E-state index in [4.69, 9.17) is 4.74 Å². The van der Waals surface area contributed by atoms with E-state index >= 15 is 0 Å². The summed E-state index contributed by atoms with van der Waals surface area (Å²) in [6.07, 6.45) is 3.29. The number of likely N-dealkylation sites (tertiary alicyclic amines) is 1. The van der Waals surface area contributed by atoms with E-state index in [-0.39, 0.29) is 0 Å². The summed E-state index contributed by atoms with van der Waals surface area (Å²) in [6, 6.07) is 2.50. The van der Waals surface area contributed by atoms with Gasteiger partial charge in [-0.3, -0.25) is 4.90 Å². The van der Waals surface area contributed by atoms with Crippen molar-refractivity contribution in [2.45, 2.75) is 38.3 Å². The van der Waals surface area contributed by atoms with Crippen molar-refractivity contribution in [2.75, 3.05) is 39.2 Å². The second kappa shape index (κ2) is 6.50. The molecule has 1 aliphatic heterocycles. The highest BCUT2D eigenvalue weighted by atomic mass is 16.5.